The molecule has 0 spiro atoms. The number of benzene rings is 1. The van der Waals surface area contributed by atoms with Gasteiger partial charge in [0.05, 0.1) is 17.5 Å². The highest BCUT2D eigenvalue weighted by Crippen LogP contribution is 2.20. The van der Waals surface area contributed by atoms with Crippen molar-refractivity contribution in [2.75, 3.05) is 11.1 Å². The standard InChI is InChI=1S/C14H15BrN2O3S/c15-7-10(18)8-21-14-12(13(20)17-14)16-11(19)6-9-4-2-1-3-5-9/h1-5,12,14H,6-8H2,(H,16,19)(H,17,20)/t12-,14-/m1/s1. The van der Waals surface area contributed by atoms with E-state index in [1.165, 1.54) is 11.8 Å². The summed E-state index contributed by atoms with van der Waals surface area (Å²) in [6.07, 6.45) is 0.238. The second-order valence-electron chi connectivity index (χ2n) is 4.62. The maximum Gasteiger partial charge on any atom is 0.246 e. The van der Waals surface area contributed by atoms with Crippen molar-refractivity contribution >= 4 is 45.3 Å². The summed E-state index contributed by atoms with van der Waals surface area (Å²) < 4.78 is 0. The van der Waals surface area contributed by atoms with Crippen molar-refractivity contribution in [2.45, 2.75) is 17.8 Å². The molecule has 2 rings (SSSR count). The lowest BCUT2D eigenvalue weighted by atomic mass is 10.1. The molecule has 0 aromatic heterocycles. The zero-order valence-electron chi connectivity index (χ0n) is 11.2. The first-order chi connectivity index (χ1) is 10.1. The highest BCUT2D eigenvalue weighted by molar-refractivity contribution is 9.09. The summed E-state index contributed by atoms with van der Waals surface area (Å²) in [6.45, 7) is 0. The fourth-order valence-electron chi connectivity index (χ4n) is 1.86. The van der Waals surface area contributed by atoms with Gasteiger partial charge in [0.2, 0.25) is 11.8 Å². The number of Topliss-reactive ketones (excluding diaryl/α,β-unsaturated/α-hetero) is 1. The molecule has 0 bridgehead atoms. The third-order valence-corrected chi connectivity index (χ3v) is 4.83. The van der Waals surface area contributed by atoms with Crippen LogP contribution in [0.2, 0.25) is 0 Å². The Morgan fingerprint density at radius 3 is 2.62 bits per heavy atom. The third kappa shape index (κ3) is 4.57. The van der Waals surface area contributed by atoms with E-state index in [1.54, 1.807) is 0 Å². The molecule has 21 heavy (non-hydrogen) atoms. The van der Waals surface area contributed by atoms with E-state index in [0.29, 0.717) is 11.1 Å². The molecule has 2 amide bonds. The van der Waals surface area contributed by atoms with Crippen molar-refractivity contribution in [3.8, 4) is 0 Å². The third-order valence-electron chi connectivity index (χ3n) is 2.97. The molecule has 1 fully saturated rings. The average molecular weight is 371 g/mol. The van der Waals surface area contributed by atoms with Gasteiger partial charge in [-0.05, 0) is 5.56 Å². The Labute approximate surface area is 135 Å². The van der Waals surface area contributed by atoms with Gasteiger partial charge in [0, 0.05) is 0 Å². The molecule has 0 saturated carbocycles. The lowest BCUT2D eigenvalue weighted by Crippen LogP contribution is -2.68. The Morgan fingerprint density at radius 1 is 1.29 bits per heavy atom. The van der Waals surface area contributed by atoms with Crippen LogP contribution in [0, 0.1) is 0 Å². The van der Waals surface area contributed by atoms with Crippen LogP contribution in [0.3, 0.4) is 0 Å². The van der Waals surface area contributed by atoms with Crippen LogP contribution in [0.15, 0.2) is 30.3 Å². The molecule has 1 saturated heterocycles. The first kappa shape index (κ1) is 16.0. The fraction of sp³-hybridized carbons (Fsp3) is 0.357. The molecule has 112 valence electrons. The number of rotatable bonds is 7. The zero-order valence-corrected chi connectivity index (χ0v) is 13.6. The van der Waals surface area contributed by atoms with Crippen molar-refractivity contribution in [2.24, 2.45) is 0 Å². The fourth-order valence-corrected chi connectivity index (χ4v) is 3.37. The number of hydrogen-bond donors (Lipinski definition) is 2. The molecule has 2 atom stereocenters. The quantitative estimate of drug-likeness (QED) is 0.551. The maximum atomic E-state index is 11.9. The van der Waals surface area contributed by atoms with Gasteiger partial charge in [0.25, 0.3) is 0 Å². The number of carbonyl (C=O) groups excluding carboxylic acids is 3. The minimum atomic E-state index is -0.561. The Hall–Kier alpha value is -1.34. The van der Waals surface area contributed by atoms with Crippen LogP contribution in [0.5, 0.6) is 0 Å². The Bertz CT molecular complexity index is 538. The van der Waals surface area contributed by atoms with Crippen molar-refractivity contribution in [1.29, 1.82) is 0 Å². The van der Waals surface area contributed by atoms with Gasteiger partial charge in [-0.25, -0.2) is 0 Å². The molecule has 0 radical (unpaired) electrons. The highest BCUT2D eigenvalue weighted by Gasteiger charge is 2.40. The topological polar surface area (TPSA) is 75.3 Å². The first-order valence-corrected chi connectivity index (χ1v) is 8.60. The van der Waals surface area contributed by atoms with Gasteiger partial charge in [-0.3, -0.25) is 14.4 Å². The summed E-state index contributed by atoms with van der Waals surface area (Å²) in [5.74, 6) is -0.0458. The van der Waals surface area contributed by atoms with Gasteiger partial charge in [-0.1, -0.05) is 46.3 Å². The Balaban J connectivity index is 1.81. The molecular weight excluding hydrogens is 356 g/mol. The molecule has 1 aliphatic heterocycles. The molecule has 1 aromatic carbocycles. The second kappa shape index (κ2) is 7.61. The average Bonchev–Trinajstić information content (AvgIpc) is 2.49. The van der Waals surface area contributed by atoms with E-state index >= 15 is 0 Å². The summed E-state index contributed by atoms with van der Waals surface area (Å²) in [4.78, 5) is 34.7. The van der Waals surface area contributed by atoms with Gasteiger partial charge >= 0.3 is 0 Å². The van der Waals surface area contributed by atoms with E-state index in [0.717, 1.165) is 5.56 Å². The van der Waals surface area contributed by atoms with Crippen molar-refractivity contribution in [1.82, 2.24) is 10.6 Å². The molecular formula is C14H15BrN2O3S. The summed E-state index contributed by atoms with van der Waals surface area (Å²) >= 11 is 4.42. The minimum Gasteiger partial charge on any atom is -0.341 e. The van der Waals surface area contributed by atoms with Crippen LogP contribution in [-0.4, -0.2) is 40.1 Å². The molecule has 7 heteroatoms. The number of thioether (sulfide) groups is 1. The predicted octanol–water partition coefficient (Wildman–Crippen LogP) is 0.867. The van der Waals surface area contributed by atoms with Gasteiger partial charge in [0.15, 0.2) is 5.78 Å². The highest BCUT2D eigenvalue weighted by atomic mass is 79.9. The van der Waals surface area contributed by atoms with E-state index in [1.807, 2.05) is 30.3 Å². The zero-order chi connectivity index (χ0) is 15.2. The van der Waals surface area contributed by atoms with Crippen LogP contribution in [0.1, 0.15) is 5.56 Å². The number of ketones is 1. The van der Waals surface area contributed by atoms with Crippen LogP contribution >= 0.6 is 27.7 Å². The molecule has 1 aliphatic rings. The van der Waals surface area contributed by atoms with E-state index in [4.69, 9.17) is 0 Å². The van der Waals surface area contributed by atoms with Gasteiger partial charge < -0.3 is 10.6 Å². The van der Waals surface area contributed by atoms with Gasteiger partial charge in [-0.2, -0.15) is 0 Å². The van der Waals surface area contributed by atoms with Crippen LogP contribution in [0.4, 0.5) is 0 Å². The number of halogens is 1. The Kier molecular flexibility index (Phi) is 5.81. The van der Waals surface area contributed by atoms with E-state index in [-0.39, 0.29) is 29.4 Å². The number of alkyl halides is 1. The molecule has 5 nitrogen and oxygen atoms in total. The van der Waals surface area contributed by atoms with E-state index in [2.05, 4.69) is 26.6 Å². The number of β-lactam (4-membered cyclic amide) rings is 1. The number of nitrogens with one attached hydrogen (secondary N) is 2. The number of amides is 2. The molecule has 2 N–H and O–H groups in total. The van der Waals surface area contributed by atoms with Crippen molar-refractivity contribution < 1.29 is 14.4 Å². The molecule has 0 unspecified atom stereocenters. The summed E-state index contributed by atoms with van der Waals surface area (Å²) in [5.41, 5.74) is 0.897. The van der Waals surface area contributed by atoms with Crippen molar-refractivity contribution in [3.63, 3.8) is 0 Å². The van der Waals surface area contributed by atoms with Crippen LogP contribution in [-0.2, 0) is 20.8 Å². The van der Waals surface area contributed by atoms with Crippen LogP contribution in [0.25, 0.3) is 0 Å². The largest absolute Gasteiger partial charge is 0.341 e. The van der Waals surface area contributed by atoms with Crippen molar-refractivity contribution in [3.05, 3.63) is 35.9 Å². The lowest BCUT2D eigenvalue weighted by Gasteiger charge is -2.36. The first-order valence-electron chi connectivity index (χ1n) is 6.43. The van der Waals surface area contributed by atoms with E-state index < -0.39 is 6.04 Å². The van der Waals surface area contributed by atoms with E-state index in [9.17, 15) is 14.4 Å². The predicted molar refractivity (Wildman–Crippen MR) is 85.3 cm³/mol. The molecule has 1 heterocycles. The summed E-state index contributed by atoms with van der Waals surface area (Å²) in [7, 11) is 0. The number of carbonyl (C=O) groups is 3. The monoisotopic (exact) mass is 370 g/mol. The van der Waals surface area contributed by atoms with Gasteiger partial charge in [0.1, 0.15) is 11.4 Å². The van der Waals surface area contributed by atoms with Gasteiger partial charge in [-0.15, -0.1) is 11.8 Å². The number of hydrogen-bond acceptors (Lipinski definition) is 4. The summed E-state index contributed by atoms with van der Waals surface area (Å²) in [5, 5.41) is 5.46. The maximum absolute atomic E-state index is 11.9. The Morgan fingerprint density at radius 2 is 2.00 bits per heavy atom. The molecule has 1 aromatic rings. The van der Waals surface area contributed by atoms with Crippen LogP contribution < -0.4 is 10.6 Å². The second-order valence-corrected chi connectivity index (χ2v) is 6.31. The SMILES string of the molecule is O=C(CBr)CS[C@H]1NC(=O)[C@H]1NC(=O)Cc1ccccc1. The minimum absolute atomic E-state index is 0.0514. The lowest BCUT2D eigenvalue weighted by molar-refractivity contribution is -0.134. The molecule has 0 aliphatic carbocycles. The summed E-state index contributed by atoms with van der Waals surface area (Å²) in [6, 6.07) is 8.78. The smallest absolute Gasteiger partial charge is 0.246 e. The normalized spacial score (nSPS) is 20.3.